The minimum absolute atomic E-state index is 0.0471. The molecular formula is C14H11Cl3N2O3S. The number of carbonyl (C=O) groups excluding carboxylic acids is 1. The summed E-state index contributed by atoms with van der Waals surface area (Å²) in [6, 6.07) is 9.77. The van der Waals surface area contributed by atoms with Crippen LogP contribution in [0.1, 0.15) is 0 Å². The second-order valence-corrected chi connectivity index (χ2v) is 7.67. The van der Waals surface area contributed by atoms with Gasteiger partial charge >= 0.3 is 0 Å². The average molecular weight is 394 g/mol. The Morgan fingerprint density at radius 1 is 1.00 bits per heavy atom. The van der Waals surface area contributed by atoms with E-state index in [2.05, 4.69) is 0 Å². The van der Waals surface area contributed by atoms with Crippen molar-refractivity contribution in [2.24, 2.45) is 5.73 Å². The zero-order valence-electron chi connectivity index (χ0n) is 11.5. The maximum atomic E-state index is 12.8. The fourth-order valence-corrected chi connectivity index (χ4v) is 3.99. The highest BCUT2D eigenvalue weighted by Crippen LogP contribution is 2.32. The fourth-order valence-electron chi connectivity index (χ4n) is 1.86. The molecule has 0 spiro atoms. The molecule has 2 aromatic rings. The molecule has 9 heteroatoms. The van der Waals surface area contributed by atoms with Crippen LogP contribution >= 0.6 is 34.8 Å². The number of anilines is 1. The van der Waals surface area contributed by atoms with Gasteiger partial charge in [0.25, 0.3) is 10.0 Å². The second-order valence-electron chi connectivity index (χ2n) is 4.53. The zero-order valence-corrected chi connectivity index (χ0v) is 14.6. The van der Waals surface area contributed by atoms with Crippen molar-refractivity contribution >= 4 is 56.4 Å². The quantitative estimate of drug-likeness (QED) is 0.846. The SMILES string of the molecule is NC(=O)CN(c1ccc(Cl)cc1Cl)S(=O)(=O)c1ccc(Cl)cc1. The van der Waals surface area contributed by atoms with E-state index in [4.69, 9.17) is 40.5 Å². The van der Waals surface area contributed by atoms with E-state index in [9.17, 15) is 13.2 Å². The van der Waals surface area contributed by atoms with Crippen molar-refractivity contribution in [1.82, 2.24) is 0 Å². The summed E-state index contributed by atoms with van der Waals surface area (Å²) in [5.74, 6) is -0.825. The molecule has 0 fully saturated rings. The van der Waals surface area contributed by atoms with E-state index in [0.29, 0.717) is 10.0 Å². The van der Waals surface area contributed by atoms with E-state index in [1.54, 1.807) is 0 Å². The van der Waals surface area contributed by atoms with E-state index in [1.807, 2.05) is 0 Å². The molecule has 0 saturated carbocycles. The third-order valence-electron chi connectivity index (χ3n) is 2.88. The van der Waals surface area contributed by atoms with Gasteiger partial charge in [0.15, 0.2) is 0 Å². The number of primary amides is 1. The first-order valence-corrected chi connectivity index (χ1v) is 8.81. The molecule has 0 aliphatic carbocycles. The fraction of sp³-hybridized carbons (Fsp3) is 0.0714. The standard InChI is InChI=1S/C14H11Cl3N2O3S/c15-9-1-4-11(5-2-9)23(21,22)19(8-14(18)20)13-6-3-10(16)7-12(13)17/h1-7H,8H2,(H2,18,20). The van der Waals surface area contributed by atoms with Crippen LogP contribution in [0.2, 0.25) is 15.1 Å². The molecule has 0 radical (unpaired) electrons. The zero-order chi connectivity index (χ0) is 17.2. The van der Waals surface area contributed by atoms with Crippen molar-refractivity contribution in [2.75, 3.05) is 10.8 Å². The van der Waals surface area contributed by atoms with Gasteiger partial charge in [0.2, 0.25) is 5.91 Å². The molecular weight excluding hydrogens is 383 g/mol. The molecule has 23 heavy (non-hydrogen) atoms. The number of nitrogens with zero attached hydrogens (tertiary/aromatic N) is 1. The Morgan fingerprint density at radius 2 is 1.57 bits per heavy atom. The minimum atomic E-state index is -4.05. The van der Waals surface area contributed by atoms with Crippen molar-refractivity contribution in [3.05, 3.63) is 57.5 Å². The Morgan fingerprint density at radius 3 is 2.09 bits per heavy atom. The Bertz CT molecular complexity index is 839. The Hall–Kier alpha value is -1.47. The lowest BCUT2D eigenvalue weighted by atomic mass is 10.3. The predicted molar refractivity (Wildman–Crippen MR) is 91.6 cm³/mol. The molecule has 0 aliphatic rings. The highest BCUT2D eigenvalue weighted by molar-refractivity contribution is 7.92. The van der Waals surface area contributed by atoms with Crippen molar-refractivity contribution in [3.63, 3.8) is 0 Å². The molecule has 122 valence electrons. The Labute approximate surface area is 148 Å². The molecule has 0 heterocycles. The van der Waals surface area contributed by atoms with Crippen LogP contribution in [-0.4, -0.2) is 20.9 Å². The molecule has 0 bridgehead atoms. The number of nitrogens with two attached hydrogens (primary N) is 1. The average Bonchev–Trinajstić information content (AvgIpc) is 2.45. The second kappa shape index (κ2) is 6.97. The van der Waals surface area contributed by atoms with Crippen LogP contribution < -0.4 is 10.0 Å². The summed E-state index contributed by atoms with van der Waals surface area (Å²) in [5, 5.41) is 0.799. The van der Waals surface area contributed by atoms with E-state index >= 15 is 0 Å². The number of rotatable bonds is 5. The molecule has 2 rings (SSSR count). The normalized spacial score (nSPS) is 11.3. The van der Waals surface area contributed by atoms with E-state index < -0.39 is 22.5 Å². The summed E-state index contributed by atoms with van der Waals surface area (Å²) < 4.78 is 26.4. The van der Waals surface area contributed by atoms with Crippen molar-refractivity contribution < 1.29 is 13.2 Å². The smallest absolute Gasteiger partial charge is 0.264 e. The monoisotopic (exact) mass is 392 g/mol. The van der Waals surface area contributed by atoms with Gasteiger partial charge in [-0.15, -0.1) is 0 Å². The summed E-state index contributed by atoms with van der Waals surface area (Å²) in [6.45, 7) is -0.563. The maximum Gasteiger partial charge on any atom is 0.264 e. The van der Waals surface area contributed by atoms with Crippen LogP contribution in [0.5, 0.6) is 0 Å². The third kappa shape index (κ3) is 4.09. The lowest BCUT2D eigenvalue weighted by Crippen LogP contribution is -2.38. The van der Waals surface area contributed by atoms with Gasteiger partial charge in [0, 0.05) is 10.0 Å². The number of carbonyl (C=O) groups is 1. The van der Waals surface area contributed by atoms with Crippen LogP contribution in [0.15, 0.2) is 47.4 Å². The summed E-state index contributed by atoms with van der Waals surface area (Å²) in [5.41, 5.74) is 5.28. The van der Waals surface area contributed by atoms with Gasteiger partial charge < -0.3 is 5.73 Å². The van der Waals surface area contributed by atoms with Gasteiger partial charge in [-0.25, -0.2) is 8.42 Å². The minimum Gasteiger partial charge on any atom is -0.368 e. The highest BCUT2D eigenvalue weighted by Gasteiger charge is 2.28. The molecule has 0 atom stereocenters. The number of hydrogen-bond donors (Lipinski definition) is 1. The lowest BCUT2D eigenvalue weighted by molar-refractivity contribution is -0.116. The predicted octanol–water partition coefficient (Wildman–Crippen LogP) is 3.33. The van der Waals surface area contributed by atoms with Crippen LogP contribution in [0.4, 0.5) is 5.69 Å². The molecule has 5 nitrogen and oxygen atoms in total. The Balaban J connectivity index is 2.57. The van der Waals surface area contributed by atoms with Gasteiger partial charge in [-0.2, -0.15) is 0 Å². The number of halogens is 3. The van der Waals surface area contributed by atoms with Crippen LogP contribution in [0.25, 0.3) is 0 Å². The van der Waals surface area contributed by atoms with Gasteiger partial charge in [-0.1, -0.05) is 34.8 Å². The number of hydrogen-bond acceptors (Lipinski definition) is 3. The van der Waals surface area contributed by atoms with E-state index in [0.717, 1.165) is 4.31 Å². The summed E-state index contributed by atoms with van der Waals surface area (Å²) >= 11 is 17.6. The van der Waals surface area contributed by atoms with Gasteiger partial charge in [-0.3, -0.25) is 9.10 Å². The molecule has 2 aromatic carbocycles. The first-order valence-electron chi connectivity index (χ1n) is 6.23. The summed E-state index contributed by atoms with van der Waals surface area (Å²) in [7, 11) is -4.05. The first-order chi connectivity index (χ1) is 10.7. The van der Waals surface area contributed by atoms with Crippen LogP contribution in [0.3, 0.4) is 0 Å². The van der Waals surface area contributed by atoms with Gasteiger partial charge in [0.1, 0.15) is 6.54 Å². The van der Waals surface area contributed by atoms with Gasteiger partial charge in [-0.05, 0) is 42.5 Å². The largest absolute Gasteiger partial charge is 0.368 e. The summed E-state index contributed by atoms with van der Waals surface area (Å²) in [4.78, 5) is 11.3. The third-order valence-corrected chi connectivity index (χ3v) is 5.44. The molecule has 2 N–H and O–H groups in total. The van der Waals surface area contributed by atoms with E-state index in [1.165, 1.54) is 42.5 Å². The molecule has 1 amide bonds. The Kier molecular flexibility index (Phi) is 5.41. The lowest BCUT2D eigenvalue weighted by Gasteiger charge is -2.24. The first kappa shape index (κ1) is 17.9. The molecule has 0 aromatic heterocycles. The highest BCUT2D eigenvalue weighted by atomic mass is 35.5. The van der Waals surface area contributed by atoms with Crippen molar-refractivity contribution in [1.29, 1.82) is 0 Å². The number of benzene rings is 2. The molecule has 0 aliphatic heterocycles. The molecule has 0 unspecified atom stereocenters. The van der Waals surface area contributed by atoms with E-state index in [-0.39, 0.29) is 15.6 Å². The number of amides is 1. The van der Waals surface area contributed by atoms with Crippen molar-refractivity contribution in [2.45, 2.75) is 4.90 Å². The van der Waals surface area contributed by atoms with Crippen molar-refractivity contribution in [3.8, 4) is 0 Å². The number of sulfonamides is 1. The summed E-state index contributed by atoms with van der Waals surface area (Å²) in [6.07, 6.45) is 0. The maximum absolute atomic E-state index is 12.8. The molecule has 0 saturated heterocycles. The van der Waals surface area contributed by atoms with Crippen LogP contribution in [-0.2, 0) is 14.8 Å². The topological polar surface area (TPSA) is 80.5 Å². The van der Waals surface area contributed by atoms with Gasteiger partial charge in [0.05, 0.1) is 15.6 Å². The van der Waals surface area contributed by atoms with Crippen LogP contribution in [0, 0.1) is 0 Å².